The topological polar surface area (TPSA) is 0 Å². The summed E-state index contributed by atoms with van der Waals surface area (Å²) in [7, 11) is 0. The third-order valence-electron chi connectivity index (χ3n) is 3.17. The van der Waals surface area contributed by atoms with Gasteiger partial charge in [-0.1, -0.05) is 22.0 Å². The molecule has 0 N–H and O–H groups in total. The molecule has 0 spiro atoms. The molecule has 83 valence electrons. The summed E-state index contributed by atoms with van der Waals surface area (Å²) in [6.07, 6.45) is 1.79. The van der Waals surface area contributed by atoms with Gasteiger partial charge in [0.05, 0.1) is 0 Å². The molecule has 1 rings (SSSR count). The van der Waals surface area contributed by atoms with E-state index in [0.29, 0.717) is 5.41 Å². The first-order valence-corrected chi connectivity index (χ1v) is 7.43. The van der Waals surface area contributed by atoms with E-state index in [1.807, 2.05) is 0 Å². The fourth-order valence-corrected chi connectivity index (χ4v) is 2.52. The monoisotopic (exact) mass is 345 g/mol. The van der Waals surface area contributed by atoms with Crippen LogP contribution in [0.1, 0.15) is 34.6 Å². The second kappa shape index (κ2) is 6.35. The third-order valence-corrected chi connectivity index (χ3v) is 6.09. The van der Waals surface area contributed by atoms with Crippen LogP contribution in [0.25, 0.3) is 0 Å². The van der Waals surface area contributed by atoms with Gasteiger partial charge >= 0.3 is 84.8 Å². The molecule has 0 bridgehead atoms. The van der Waals surface area contributed by atoms with Gasteiger partial charge in [0.25, 0.3) is 0 Å². The van der Waals surface area contributed by atoms with Gasteiger partial charge in [-0.3, -0.25) is 0 Å². The van der Waals surface area contributed by atoms with Crippen molar-refractivity contribution in [1.29, 1.82) is 0 Å². The Morgan fingerprint density at radius 2 is 1.67 bits per heavy atom. The van der Waals surface area contributed by atoms with Crippen molar-refractivity contribution in [3.05, 3.63) is 32.7 Å². The molecule has 0 atom stereocenters. The second-order valence-corrected chi connectivity index (χ2v) is 6.19. The van der Waals surface area contributed by atoms with Crippen LogP contribution < -0.4 is 0 Å². The maximum absolute atomic E-state index is 3.43. The maximum atomic E-state index is 3.43. The molecular formula is C13H20BrZr. The van der Waals surface area contributed by atoms with E-state index >= 15 is 0 Å². The number of rotatable bonds is 1. The van der Waals surface area contributed by atoms with Crippen molar-refractivity contribution in [2.45, 2.75) is 34.6 Å². The van der Waals surface area contributed by atoms with Gasteiger partial charge in [-0.25, -0.2) is 0 Å². The Kier molecular flexibility index (Phi) is 6.60. The van der Waals surface area contributed by atoms with E-state index in [0.717, 1.165) is 5.33 Å². The normalized spacial score (nSPS) is 18.7. The zero-order valence-corrected chi connectivity index (χ0v) is 14.4. The first-order chi connectivity index (χ1) is 6.80. The summed E-state index contributed by atoms with van der Waals surface area (Å²) in [5.41, 5.74) is 4.96. The molecule has 1 aliphatic carbocycles. The Hall–Kier alpha value is 0.583. The Morgan fingerprint density at radius 3 is 1.73 bits per heavy atom. The molecular weight excluding hydrogens is 327 g/mol. The van der Waals surface area contributed by atoms with Crippen LogP contribution in [0, 0.1) is 5.41 Å². The van der Waals surface area contributed by atoms with Crippen molar-refractivity contribution in [3.8, 4) is 0 Å². The molecule has 0 saturated heterocycles. The third kappa shape index (κ3) is 3.53. The van der Waals surface area contributed by atoms with Gasteiger partial charge in [-0.05, 0) is 0 Å². The molecule has 0 aliphatic heterocycles. The Labute approximate surface area is 118 Å². The Bertz CT molecular complexity index is 282. The Morgan fingerprint density at radius 1 is 1.27 bits per heavy atom. The average Bonchev–Trinajstić information content (AvgIpc) is 2.35. The van der Waals surface area contributed by atoms with Gasteiger partial charge in [0, 0.05) is 5.33 Å². The van der Waals surface area contributed by atoms with Gasteiger partial charge in [0.1, 0.15) is 0 Å². The van der Waals surface area contributed by atoms with E-state index in [1.165, 1.54) is 11.1 Å². The van der Waals surface area contributed by atoms with E-state index in [9.17, 15) is 0 Å². The number of halogens is 1. The number of allylic oxidation sites excluding steroid dienone is 5. The van der Waals surface area contributed by atoms with Crippen molar-refractivity contribution >= 4 is 15.9 Å². The zero-order chi connectivity index (χ0) is 12.2. The summed E-state index contributed by atoms with van der Waals surface area (Å²) in [5, 5.41) is 0.896. The van der Waals surface area contributed by atoms with Gasteiger partial charge in [-0.2, -0.15) is 0 Å². The summed E-state index contributed by atoms with van der Waals surface area (Å²) in [6, 6.07) is 0. The van der Waals surface area contributed by atoms with Crippen LogP contribution in [-0.2, 0) is 24.7 Å². The quantitative estimate of drug-likeness (QED) is 0.474. The predicted molar refractivity (Wildman–Crippen MR) is 68.8 cm³/mol. The molecule has 0 heterocycles. The minimum atomic E-state index is 0.354. The van der Waals surface area contributed by atoms with Crippen LogP contribution in [0.2, 0.25) is 0 Å². The molecule has 0 radical (unpaired) electrons. The average molecular weight is 347 g/mol. The summed E-state index contributed by atoms with van der Waals surface area (Å²) < 4.78 is 1.62. The molecule has 1 aliphatic rings. The molecule has 0 nitrogen and oxygen atoms in total. The van der Waals surface area contributed by atoms with Gasteiger partial charge < -0.3 is 0 Å². The number of hydrogen-bond donors (Lipinski definition) is 0. The fraction of sp³-hybridized carbons (Fsp3) is 0.538. The summed E-state index contributed by atoms with van der Waals surface area (Å²) in [4.78, 5) is 0. The van der Waals surface area contributed by atoms with Crippen LogP contribution in [0.15, 0.2) is 32.7 Å². The second-order valence-electron chi connectivity index (χ2n) is 4.32. The molecule has 15 heavy (non-hydrogen) atoms. The van der Waals surface area contributed by atoms with Crippen molar-refractivity contribution < 1.29 is 24.7 Å². The zero-order valence-electron chi connectivity index (χ0n) is 10.4. The molecule has 0 aromatic heterocycles. The minimum absolute atomic E-state index is 0.354. The van der Waals surface area contributed by atoms with E-state index in [2.05, 4.69) is 57.1 Å². The first kappa shape index (κ1) is 15.6. The molecule has 0 aromatic carbocycles. The van der Waals surface area contributed by atoms with Gasteiger partial charge in [0.2, 0.25) is 0 Å². The van der Waals surface area contributed by atoms with Crippen molar-refractivity contribution in [2.24, 2.45) is 5.41 Å². The Balaban J connectivity index is 0.000000423. The van der Waals surface area contributed by atoms with Gasteiger partial charge in [0.15, 0.2) is 0 Å². The molecule has 0 unspecified atom stereocenters. The standard InChI is InChI=1S/C10H15.C3H5Br.Zr/c1-7-6-10(4,5)9(3)8(7)2;1-2-3-4;/h1-5H3;2H,1,3H2;. The predicted octanol–water partition coefficient (Wildman–Crippen LogP) is 4.75. The molecule has 0 fully saturated rings. The van der Waals surface area contributed by atoms with Crippen molar-refractivity contribution in [3.63, 3.8) is 0 Å². The molecule has 0 aromatic rings. The van der Waals surface area contributed by atoms with E-state index in [1.54, 1.807) is 39.6 Å². The molecule has 0 amide bonds. The van der Waals surface area contributed by atoms with Crippen LogP contribution in [0.5, 0.6) is 0 Å². The van der Waals surface area contributed by atoms with Crippen molar-refractivity contribution in [1.82, 2.24) is 0 Å². The summed E-state index contributed by atoms with van der Waals surface area (Å²) >= 11 is 4.70. The van der Waals surface area contributed by atoms with Crippen LogP contribution in [0.4, 0.5) is 0 Å². The number of alkyl halides is 1. The SMILES string of the molecule is C=CCBr.CC1=C(C)C(C)(C)[C]([Zr])=C1C. The van der Waals surface area contributed by atoms with Crippen molar-refractivity contribution in [2.75, 3.05) is 5.33 Å². The summed E-state index contributed by atoms with van der Waals surface area (Å²) in [6.45, 7) is 14.8. The van der Waals surface area contributed by atoms with Crippen LogP contribution >= 0.6 is 15.9 Å². The van der Waals surface area contributed by atoms with E-state index in [-0.39, 0.29) is 0 Å². The molecule has 2 heteroatoms. The van der Waals surface area contributed by atoms with Crippen LogP contribution in [-0.4, -0.2) is 5.33 Å². The summed E-state index contributed by atoms with van der Waals surface area (Å²) in [5.74, 6) is 0. The number of hydrogen-bond acceptors (Lipinski definition) is 0. The van der Waals surface area contributed by atoms with Crippen LogP contribution in [0.3, 0.4) is 0 Å². The fourth-order valence-electron chi connectivity index (χ4n) is 1.59. The molecule has 0 saturated carbocycles. The van der Waals surface area contributed by atoms with E-state index < -0.39 is 0 Å². The first-order valence-electron chi connectivity index (χ1n) is 5.08. The van der Waals surface area contributed by atoms with Gasteiger partial charge in [-0.15, -0.1) is 6.58 Å². The van der Waals surface area contributed by atoms with E-state index in [4.69, 9.17) is 0 Å².